The monoisotopic (exact) mass is 343 g/mol. The summed E-state index contributed by atoms with van der Waals surface area (Å²) >= 11 is 6.69. The van der Waals surface area contributed by atoms with E-state index >= 15 is 0 Å². The zero-order chi connectivity index (χ0) is 16.4. The van der Waals surface area contributed by atoms with Crippen molar-refractivity contribution >= 4 is 45.4 Å². The number of nitrogens with zero attached hydrogens (tertiary/aromatic N) is 4. The number of nitro groups is 2. The molecular weight excluding hydrogens is 338 g/mol. The Hall–Kier alpha value is -2.66. The Kier molecular flexibility index (Phi) is 4.28. The minimum absolute atomic E-state index is 0.169. The van der Waals surface area contributed by atoms with E-state index in [0.29, 0.717) is 5.01 Å². The quantitative estimate of drug-likeness (QED) is 0.664. The molecule has 0 unspecified atom stereocenters. The minimum Gasteiger partial charge on any atom is -0.296 e. The Balaban J connectivity index is 2.43. The van der Waals surface area contributed by atoms with Gasteiger partial charge < -0.3 is 0 Å². The Morgan fingerprint density at radius 2 is 1.77 bits per heavy atom. The molecule has 1 N–H and O–H groups in total. The van der Waals surface area contributed by atoms with Crippen LogP contribution in [0.25, 0.3) is 0 Å². The number of rotatable bonds is 4. The first-order chi connectivity index (χ1) is 10.3. The van der Waals surface area contributed by atoms with Gasteiger partial charge in [0.2, 0.25) is 5.13 Å². The summed E-state index contributed by atoms with van der Waals surface area (Å²) in [6.07, 6.45) is 0. The molecule has 10 nitrogen and oxygen atoms in total. The molecule has 0 fully saturated rings. The molecule has 22 heavy (non-hydrogen) atoms. The van der Waals surface area contributed by atoms with E-state index in [1.807, 2.05) is 0 Å². The second kappa shape index (κ2) is 5.99. The zero-order valence-corrected chi connectivity index (χ0v) is 12.3. The normalized spacial score (nSPS) is 10.3. The van der Waals surface area contributed by atoms with Gasteiger partial charge in [0.05, 0.1) is 15.4 Å². The molecule has 12 heteroatoms. The third-order valence-electron chi connectivity index (χ3n) is 2.44. The van der Waals surface area contributed by atoms with Gasteiger partial charge in [-0.2, -0.15) is 0 Å². The van der Waals surface area contributed by atoms with Gasteiger partial charge in [0, 0.05) is 12.1 Å². The number of carbonyl (C=O) groups excluding carboxylic acids is 1. The number of aryl methyl sites for hydroxylation is 1. The highest BCUT2D eigenvalue weighted by atomic mass is 35.5. The van der Waals surface area contributed by atoms with Gasteiger partial charge in [0.25, 0.3) is 17.3 Å². The molecule has 0 aliphatic carbocycles. The Morgan fingerprint density at radius 1 is 1.23 bits per heavy atom. The summed E-state index contributed by atoms with van der Waals surface area (Å²) in [5, 5.41) is 31.6. The molecule has 1 amide bonds. The van der Waals surface area contributed by atoms with Gasteiger partial charge in [-0.25, -0.2) is 0 Å². The van der Waals surface area contributed by atoms with Crippen LogP contribution in [0.5, 0.6) is 0 Å². The summed E-state index contributed by atoms with van der Waals surface area (Å²) in [5.41, 5.74) is -1.74. The van der Waals surface area contributed by atoms with Gasteiger partial charge in [-0.1, -0.05) is 22.9 Å². The standard InChI is InChI=1S/C10H6ClN5O5S/c1-4-13-14-10(22-4)12-9(17)5-2-6(15(18)19)8(11)7(3-5)16(20)21/h2-3H,1H3,(H,12,14,17). The third kappa shape index (κ3) is 3.15. The average molecular weight is 344 g/mol. The van der Waals surface area contributed by atoms with Crippen LogP contribution in [0, 0.1) is 27.2 Å². The van der Waals surface area contributed by atoms with E-state index in [9.17, 15) is 25.0 Å². The summed E-state index contributed by atoms with van der Waals surface area (Å²) in [7, 11) is 0. The van der Waals surface area contributed by atoms with Crippen LogP contribution in [-0.4, -0.2) is 26.0 Å². The molecule has 0 aliphatic rings. The fraction of sp³-hybridized carbons (Fsp3) is 0.100. The number of amides is 1. The Bertz CT molecular complexity index is 757. The van der Waals surface area contributed by atoms with E-state index in [1.165, 1.54) is 0 Å². The van der Waals surface area contributed by atoms with Crippen LogP contribution in [-0.2, 0) is 0 Å². The van der Waals surface area contributed by atoms with Crippen molar-refractivity contribution < 1.29 is 14.6 Å². The van der Waals surface area contributed by atoms with Crippen molar-refractivity contribution in [3.63, 3.8) is 0 Å². The first-order valence-electron chi connectivity index (χ1n) is 5.53. The molecule has 2 rings (SSSR count). The number of hydrogen-bond donors (Lipinski definition) is 1. The topological polar surface area (TPSA) is 141 Å². The molecule has 0 bridgehead atoms. The summed E-state index contributed by atoms with van der Waals surface area (Å²) < 4.78 is 0. The van der Waals surface area contributed by atoms with Gasteiger partial charge in [0.15, 0.2) is 5.02 Å². The van der Waals surface area contributed by atoms with Crippen molar-refractivity contribution in [1.29, 1.82) is 0 Å². The lowest BCUT2D eigenvalue weighted by Crippen LogP contribution is -2.12. The molecule has 1 aromatic carbocycles. The molecular formula is C10H6ClN5O5S. The summed E-state index contributed by atoms with van der Waals surface area (Å²) in [4.78, 5) is 32.0. The molecule has 0 saturated heterocycles. The molecule has 1 heterocycles. The van der Waals surface area contributed by atoms with Crippen LogP contribution in [0.15, 0.2) is 12.1 Å². The summed E-state index contributed by atoms with van der Waals surface area (Å²) in [5.74, 6) is -0.793. The van der Waals surface area contributed by atoms with Gasteiger partial charge in [-0.05, 0) is 6.92 Å². The average Bonchev–Trinajstić information content (AvgIpc) is 2.83. The largest absolute Gasteiger partial charge is 0.296 e. The molecule has 114 valence electrons. The van der Waals surface area contributed by atoms with E-state index in [2.05, 4.69) is 15.5 Å². The number of nitrogens with one attached hydrogen (secondary N) is 1. The fourth-order valence-corrected chi connectivity index (χ4v) is 2.34. The van der Waals surface area contributed by atoms with E-state index in [1.54, 1.807) is 6.92 Å². The highest BCUT2D eigenvalue weighted by Crippen LogP contribution is 2.35. The fourth-order valence-electron chi connectivity index (χ4n) is 1.51. The first-order valence-corrected chi connectivity index (χ1v) is 6.73. The van der Waals surface area contributed by atoms with Crippen LogP contribution in [0.3, 0.4) is 0 Å². The van der Waals surface area contributed by atoms with Gasteiger partial charge in [0.1, 0.15) is 5.01 Å². The first kappa shape index (κ1) is 15.7. The van der Waals surface area contributed by atoms with Crippen molar-refractivity contribution in [2.45, 2.75) is 6.92 Å². The van der Waals surface area contributed by atoms with Crippen LogP contribution in [0.2, 0.25) is 5.02 Å². The molecule has 0 aliphatic heterocycles. The molecule has 1 aromatic heterocycles. The van der Waals surface area contributed by atoms with E-state index in [0.717, 1.165) is 23.5 Å². The minimum atomic E-state index is -0.902. The maximum absolute atomic E-state index is 12.0. The van der Waals surface area contributed by atoms with Crippen LogP contribution < -0.4 is 5.32 Å². The Morgan fingerprint density at radius 3 is 2.18 bits per heavy atom. The van der Waals surface area contributed by atoms with Gasteiger partial charge >= 0.3 is 0 Å². The molecule has 0 spiro atoms. The van der Waals surface area contributed by atoms with Crippen LogP contribution in [0.4, 0.5) is 16.5 Å². The highest BCUT2D eigenvalue weighted by molar-refractivity contribution is 7.15. The second-order valence-corrected chi connectivity index (χ2v) is 5.48. The lowest BCUT2D eigenvalue weighted by atomic mass is 10.1. The number of anilines is 1. The number of nitro benzene ring substituents is 2. The number of benzene rings is 1. The number of aromatic nitrogens is 2. The van der Waals surface area contributed by atoms with Crippen molar-refractivity contribution in [3.05, 3.63) is 48.0 Å². The SMILES string of the molecule is Cc1nnc(NC(=O)c2cc([N+](=O)[O-])c(Cl)c([N+](=O)[O-])c2)s1. The predicted octanol–water partition coefficient (Wildman–Crippen LogP) is 2.57. The van der Waals surface area contributed by atoms with Crippen LogP contribution in [0.1, 0.15) is 15.4 Å². The second-order valence-electron chi connectivity index (χ2n) is 3.92. The molecule has 2 aromatic rings. The van der Waals surface area contributed by atoms with Crippen molar-refractivity contribution in [1.82, 2.24) is 10.2 Å². The van der Waals surface area contributed by atoms with Gasteiger partial charge in [-0.15, -0.1) is 10.2 Å². The molecule has 0 radical (unpaired) electrons. The lowest BCUT2D eigenvalue weighted by molar-refractivity contribution is -0.393. The van der Waals surface area contributed by atoms with Crippen molar-refractivity contribution in [2.24, 2.45) is 0 Å². The van der Waals surface area contributed by atoms with E-state index in [4.69, 9.17) is 11.6 Å². The van der Waals surface area contributed by atoms with E-state index in [-0.39, 0.29) is 10.7 Å². The van der Waals surface area contributed by atoms with Crippen molar-refractivity contribution in [2.75, 3.05) is 5.32 Å². The summed E-state index contributed by atoms with van der Waals surface area (Å²) in [6.45, 7) is 1.67. The zero-order valence-electron chi connectivity index (χ0n) is 10.8. The Labute approximate surface area is 131 Å². The maximum Gasteiger partial charge on any atom is 0.295 e. The number of carbonyl (C=O) groups is 1. The van der Waals surface area contributed by atoms with Crippen molar-refractivity contribution in [3.8, 4) is 0 Å². The molecule has 0 saturated carbocycles. The number of hydrogen-bond acceptors (Lipinski definition) is 8. The molecule has 0 atom stereocenters. The summed E-state index contributed by atoms with van der Waals surface area (Å²) in [6, 6.07) is 1.72. The highest BCUT2D eigenvalue weighted by Gasteiger charge is 2.27. The van der Waals surface area contributed by atoms with Crippen LogP contribution >= 0.6 is 22.9 Å². The number of halogens is 1. The van der Waals surface area contributed by atoms with Gasteiger partial charge in [-0.3, -0.25) is 30.3 Å². The predicted molar refractivity (Wildman–Crippen MR) is 77.4 cm³/mol. The lowest BCUT2D eigenvalue weighted by Gasteiger charge is -2.03. The smallest absolute Gasteiger partial charge is 0.295 e. The van der Waals surface area contributed by atoms with E-state index < -0.39 is 32.2 Å². The maximum atomic E-state index is 12.0. The third-order valence-corrected chi connectivity index (χ3v) is 3.58.